The molecule has 2 N–H and O–H groups in total. The number of rotatable bonds is 11. The number of nitrogens with zero attached hydrogens (tertiary/aromatic N) is 2. The van der Waals surface area contributed by atoms with Crippen molar-refractivity contribution >= 4 is 22.8 Å². The molecule has 0 aliphatic rings. The van der Waals surface area contributed by atoms with Gasteiger partial charge in [-0.25, -0.2) is 4.79 Å². The van der Waals surface area contributed by atoms with E-state index in [1.165, 1.54) is 5.56 Å². The number of aryl methyl sites for hydroxylation is 1. The number of hydrogen-bond acceptors (Lipinski definition) is 3. The van der Waals surface area contributed by atoms with Crippen LogP contribution in [0.2, 0.25) is 0 Å². The number of fused-ring (bicyclic) bond motifs is 1. The van der Waals surface area contributed by atoms with Crippen LogP contribution in [0.1, 0.15) is 64.6 Å². The molecule has 1 aromatic heterocycles. The predicted molar refractivity (Wildman–Crippen MR) is 154 cm³/mol. The molecule has 0 aliphatic carbocycles. The number of carbonyl (C=O) groups is 2. The van der Waals surface area contributed by atoms with Crippen molar-refractivity contribution in [1.82, 2.24) is 14.8 Å². The van der Waals surface area contributed by atoms with Gasteiger partial charge in [-0.05, 0) is 68.2 Å². The molecule has 6 heteroatoms. The highest BCUT2D eigenvalue weighted by molar-refractivity contribution is 6.01. The number of carbonyl (C=O) groups excluding carboxylic acids is 1. The molecule has 4 aromatic rings. The molecule has 0 saturated carbocycles. The summed E-state index contributed by atoms with van der Waals surface area (Å²) in [5, 5.41) is 13.7. The topological polar surface area (TPSA) is 74.6 Å². The van der Waals surface area contributed by atoms with Crippen LogP contribution in [0.15, 0.2) is 72.8 Å². The Morgan fingerprint density at radius 3 is 2.24 bits per heavy atom. The van der Waals surface area contributed by atoms with Crippen molar-refractivity contribution in [1.29, 1.82) is 0 Å². The van der Waals surface area contributed by atoms with E-state index >= 15 is 0 Å². The average molecular weight is 512 g/mol. The fourth-order valence-corrected chi connectivity index (χ4v) is 4.90. The van der Waals surface area contributed by atoms with E-state index < -0.39 is 5.97 Å². The van der Waals surface area contributed by atoms with Gasteiger partial charge in [0.15, 0.2) is 0 Å². The summed E-state index contributed by atoms with van der Waals surface area (Å²) in [5.74, 6) is -0.556. The van der Waals surface area contributed by atoms with Gasteiger partial charge in [0.25, 0.3) is 5.91 Å². The molecule has 4 rings (SSSR count). The number of carboxylic acids is 1. The number of benzene rings is 3. The fourth-order valence-electron chi connectivity index (χ4n) is 4.90. The Hall–Kier alpha value is -3.90. The van der Waals surface area contributed by atoms with Crippen LogP contribution in [-0.2, 0) is 13.1 Å². The zero-order valence-electron chi connectivity index (χ0n) is 22.7. The van der Waals surface area contributed by atoms with Crippen LogP contribution >= 0.6 is 0 Å². The maximum atomic E-state index is 12.6. The van der Waals surface area contributed by atoms with Gasteiger partial charge in [-0.1, -0.05) is 62.4 Å². The predicted octanol–water partition coefficient (Wildman–Crippen LogP) is 6.40. The highest BCUT2D eigenvalue weighted by atomic mass is 16.4. The lowest BCUT2D eigenvalue weighted by Gasteiger charge is -2.17. The molecule has 1 heterocycles. The van der Waals surface area contributed by atoms with Crippen LogP contribution in [-0.4, -0.2) is 47.1 Å². The summed E-state index contributed by atoms with van der Waals surface area (Å²) in [6.07, 6.45) is 1.67. The molecule has 0 saturated heterocycles. The van der Waals surface area contributed by atoms with Crippen LogP contribution in [0.4, 0.5) is 0 Å². The third-order valence-corrected chi connectivity index (χ3v) is 6.88. The summed E-state index contributed by atoms with van der Waals surface area (Å²) >= 11 is 0. The Morgan fingerprint density at radius 2 is 1.61 bits per heavy atom. The number of aromatic carboxylic acids is 1. The van der Waals surface area contributed by atoms with E-state index in [0.717, 1.165) is 53.7 Å². The van der Waals surface area contributed by atoms with Crippen molar-refractivity contribution in [2.75, 3.05) is 20.6 Å². The number of hydrogen-bond donors (Lipinski definition) is 2. The normalized spacial score (nSPS) is 11.4. The zero-order valence-corrected chi connectivity index (χ0v) is 22.7. The molecule has 198 valence electrons. The minimum atomic E-state index is -0.931. The van der Waals surface area contributed by atoms with Crippen LogP contribution in [0.5, 0.6) is 0 Å². The van der Waals surface area contributed by atoms with E-state index in [-0.39, 0.29) is 11.5 Å². The van der Waals surface area contributed by atoms with Gasteiger partial charge in [-0.2, -0.15) is 0 Å². The van der Waals surface area contributed by atoms with Gasteiger partial charge in [0.1, 0.15) is 0 Å². The van der Waals surface area contributed by atoms with Gasteiger partial charge >= 0.3 is 5.97 Å². The van der Waals surface area contributed by atoms with Gasteiger partial charge in [-0.15, -0.1) is 0 Å². The number of carboxylic acid groups (broad SMARTS) is 1. The van der Waals surface area contributed by atoms with E-state index in [1.807, 2.05) is 62.6 Å². The molecule has 0 bridgehead atoms. The van der Waals surface area contributed by atoms with Gasteiger partial charge in [0.2, 0.25) is 0 Å². The molecule has 0 aliphatic heterocycles. The summed E-state index contributed by atoms with van der Waals surface area (Å²) in [5.41, 5.74) is 6.52. The largest absolute Gasteiger partial charge is 0.478 e. The Kier molecular flexibility index (Phi) is 8.64. The van der Waals surface area contributed by atoms with Crippen molar-refractivity contribution in [3.63, 3.8) is 0 Å². The molecule has 6 nitrogen and oxygen atoms in total. The maximum absolute atomic E-state index is 12.6. The lowest BCUT2D eigenvalue weighted by Crippen LogP contribution is -2.24. The van der Waals surface area contributed by atoms with E-state index in [4.69, 9.17) is 0 Å². The molecule has 0 spiro atoms. The third-order valence-electron chi connectivity index (χ3n) is 6.88. The number of unbranched alkanes of at least 4 members (excludes halogenated alkanes) is 1. The molecule has 38 heavy (non-hydrogen) atoms. The highest BCUT2D eigenvalue weighted by Gasteiger charge is 2.20. The Labute approximate surface area is 224 Å². The van der Waals surface area contributed by atoms with Crippen LogP contribution < -0.4 is 5.32 Å². The first-order chi connectivity index (χ1) is 18.3. The summed E-state index contributed by atoms with van der Waals surface area (Å²) in [4.78, 5) is 26.5. The molecule has 0 fully saturated rings. The molecule has 0 atom stereocenters. The van der Waals surface area contributed by atoms with Gasteiger partial charge in [0, 0.05) is 47.4 Å². The number of amides is 1. The molecule has 0 radical (unpaired) electrons. The Balaban J connectivity index is 1.54. The first kappa shape index (κ1) is 27.1. The van der Waals surface area contributed by atoms with Crippen molar-refractivity contribution in [2.24, 2.45) is 0 Å². The lowest BCUT2D eigenvalue weighted by molar-refractivity contribution is 0.0696. The van der Waals surface area contributed by atoms with E-state index in [0.29, 0.717) is 18.0 Å². The van der Waals surface area contributed by atoms with E-state index in [9.17, 15) is 14.7 Å². The van der Waals surface area contributed by atoms with E-state index in [1.54, 1.807) is 12.1 Å². The number of nitrogens with one attached hydrogen (secondary N) is 1. The first-order valence-electron chi connectivity index (χ1n) is 13.2. The van der Waals surface area contributed by atoms with Crippen LogP contribution in [0, 0.1) is 0 Å². The van der Waals surface area contributed by atoms with Crippen molar-refractivity contribution in [3.8, 4) is 11.1 Å². The Morgan fingerprint density at radius 1 is 0.921 bits per heavy atom. The molecular weight excluding hydrogens is 474 g/mol. The second-order valence-corrected chi connectivity index (χ2v) is 10.4. The first-order valence-corrected chi connectivity index (χ1v) is 13.2. The van der Waals surface area contributed by atoms with E-state index in [2.05, 4.69) is 40.8 Å². The summed E-state index contributed by atoms with van der Waals surface area (Å²) in [7, 11) is 4.09. The molecular formula is C32H37N3O3. The third kappa shape index (κ3) is 6.14. The van der Waals surface area contributed by atoms with Crippen molar-refractivity contribution < 1.29 is 14.7 Å². The molecule has 0 unspecified atom stereocenters. The van der Waals surface area contributed by atoms with Crippen molar-refractivity contribution in [2.45, 2.75) is 45.7 Å². The second-order valence-electron chi connectivity index (χ2n) is 10.4. The lowest BCUT2D eigenvalue weighted by atomic mass is 10.0. The standard InChI is InChI=1S/C32H37N3O3/c1-22(2)23-12-14-25(15-13-23)31(36)33-18-8-9-19-35-28-20-26(32(37)38)16-17-27(28)30(29(35)21-34(3)4)24-10-6-5-7-11-24/h5-7,10-17,20,22H,8-9,18-19,21H2,1-4H3,(H,33,36)(H,37,38). The number of aromatic nitrogens is 1. The van der Waals surface area contributed by atoms with Gasteiger partial charge < -0.3 is 19.9 Å². The van der Waals surface area contributed by atoms with Gasteiger partial charge in [-0.3, -0.25) is 4.79 Å². The SMILES string of the molecule is CC(C)c1ccc(C(=O)NCCCCn2c(CN(C)C)c(-c3ccccc3)c3ccc(C(=O)O)cc32)cc1. The quantitative estimate of drug-likeness (QED) is 0.229. The second kappa shape index (κ2) is 12.1. The van der Waals surface area contributed by atoms with Gasteiger partial charge in [0.05, 0.1) is 5.56 Å². The molecule has 1 amide bonds. The summed E-state index contributed by atoms with van der Waals surface area (Å²) < 4.78 is 2.26. The minimum Gasteiger partial charge on any atom is -0.478 e. The maximum Gasteiger partial charge on any atom is 0.335 e. The summed E-state index contributed by atoms with van der Waals surface area (Å²) in [6.45, 7) is 6.31. The van der Waals surface area contributed by atoms with Crippen LogP contribution in [0.25, 0.3) is 22.0 Å². The fraction of sp³-hybridized carbons (Fsp3) is 0.312. The Bertz CT molecular complexity index is 1400. The monoisotopic (exact) mass is 511 g/mol. The van der Waals surface area contributed by atoms with Crippen LogP contribution in [0.3, 0.4) is 0 Å². The average Bonchev–Trinajstić information content (AvgIpc) is 3.20. The smallest absolute Gasteiger partial charge is 0.335 e. The highest BCUT2D eigenvalue weighted by Crippen LogP contribution is 2.36. The van der Waals surface area contributed by atoms with Crippen molar-refractivity contribution in [3.05, 3.63) is 95.2 Å². The summed E-state index contributed by atoms with van der Waals surface area (Å²) in [6, 6.07) is 23.5. The zero-order chi connectivity index (χ0) is 27.2. The molecule has 3 aromatic carbocycles. The minimum absolute atomic E-state index is 0.0579.